The number of likely N-dealkylation sites (N-methyl/N-ethyl adjacent to an activating group) is 1. The highest BCUT2D eigenvalue weighted by Crippen LogP contribution is 2.16. The third-order valence-electron chi connectivity index (χ3n) is 14.1. The molecule has 0 saturated carbocycles. The summed E-state index contributed by atoms with van der Waals surface area (Å²) in [5, 5.41) is 9.74. The molecule has 0 heterocycles. The molecule has 0 spiro atoms. The van der Waals surface area contributed by atoms with Crippen LogP contribution in [0.3, 0.4) is 0 Å². The van der Waals surface area contributed by atoms with E-state index in [1.807, 2.05) is 21.1 Å². The molecule has 0 aliphatic heterocycles. The van der Waals surface area contributed by atoms with Crippen molar-refractivity contribution in [3.8, 4) is 0 Å². The lowest BCUT2D eigenvalue weighted by atomic mass is 10.0. The van der Waals surface area contributed by atoms with Crippen LogP contribution < -0.4 is 0 Å². The summed E-state index contributed by atoms with van der Waals surface area (Å²) in [5.74, 6) is -2.08. The van der Waals surface area contributed by atoms with Crippen LogP contribution in [-0.4, -0.2) is 87.4 Å². The van der Waals surface area contributed by atoms with Gasteiger partial charge in [-0.05, 0) is 122 Å². The minimum absolute atomic E-state index is 0.172. The van der Waals surface area contributed by atoms with Gasteiger partial charge in [0.05, 0.1) is 34.4 Å². The van der Waals surface area contributed by atoms with E-state index in [1.54, 1.807) is 0 Å². The molecule has 2 unspecified atom stereocenters. The van der Waals surface area contributed by atoms with Crippen LogP contribution in [-0.2, 0) is 33.3 Å². The predicted molar refractivity (Wildman–Crippen MR) is 364 cm³/mol. The molecule has 0 amide bonds. The summed E-state index contributed by atoms with van der Waals surface area (Å²) in [6.45, 7) is 4.70. The second kappa shape index (κ2) is 65.2. The maximum atomic E-state index is 12.9. The summed E-state index contributed by atoms with van der Waals surface area (Å²) in [4.78, 5) is 37.6. The molecule has 0 aliphatic rings. The highest BCUT2D eigenvalue weighted by Gasteiger charge is 2.25. The third-order valence-corrected chi connectivity index (χ3v) is 14.1. The van der Waals surface area contributed by atoms with Crippen molar-refractivity contribution in [1.29, 1.82) is 0 Å². The zero-order valence-corrected chi connectivity index (χ0v) is 55.0. The number of ether oxygens (including phenoxy) is 4. The van der Waals surface area contributed by atoms with E-state index in [9.17, 15) is 19.5 Å². The molecule has 9 nitrogen and oxygen atoms in total. The van der Waals surface area contributed by atoms with Crippen molar-refractivity contribution in [2.75, 3.05) is 47.5 Å². The molecule has 1 N–H and O–H groups in total. The Kier molecular flexibility index (Phi) is 61.4. The van der Waals surface area contributed by atoms with E-state index >= 15 is 0 Å². The van der Waals surface area contributed by atoms with E-state index in [1.165, 1.54) is 122 Å². The average molecular weight is 1180 g/mol. The number of rotatable bonds is 61. The summed E-state index contributed by atoms with van der Waals surface area (Å²) >= 11 is 0. The van der Waals surface area contributed by atoms with Gasteiger partial charge in [0, 0.05) is 12.8 Å². The van der Waals surface area contributed by atoms with Crippen molar-refractivity contribution in [2.45, 2.75) is 270 Å². The van der Waals surface area contributed by atoms with Crippen LogP contribution in [0.2, 0.25) is 0 Å². The number of esters is 2. The van der Waals surface area contributed by atoms with Crippen molar-refractivity contribution in [1.82, 2.24) is 0 Å². The largest absolute Gasteiger partial charge is 0.477 e. The lowest BCUT2D eigenvalue weighted by Crippen LogP contribution is -2.40. The van der Waals surface area contributed by atoms with Crippen molar-refractivity contribution >= 4 is 17.9 Å². The van der Waals surface area contributed by atoms with Gasteiger partial charge in [-0.25, -0.2) is 4.79 Å². The normalized spacial score (nSPS) is 13.7. The Morgan fingerprint density at radius 1 is 0.365 bits per heavy atom. The number of hydrogen-bond donors (Lipinski definition) is 1. The average Bonchev–Trinajstić information content (AvgIpc) is 3.49. The summed E-state index contributed by atoms with van der Waals surface area (Å²) in [7, 11) is 5.95. The summed E-state index contributed by atoms with van der Waals surface area (Å²) in [5.41, 5.74) is 0. The van der Waals surface area contributed by atoms with Gasteiger partial charge in [0.2, 0.25) is 0 Å². The molecule has 0 aromatic rings. The van der Waals surface area contributed by atoms with Gasteiger partial charge in [-0.2, -0.15) is 0 Å². The van der Waals surface area contributed by atoms with E-state index in [0.29, 0.717) is 17.4 Å². The highest BCUT2D eigenvalue weighted by atomic mass is 16.7. The molecule has 0 radical (unpaired) electrons. The van der Waals surface area contributed by atoms with Gasteiger partial charge in [0.1, 0.15) is 13.2 Å². The van der Waals surface area contributed by atoms with Crippen LogP contribution in [0.4, 0.5) is 0 Å². The molecule has 85 heavy (non-hydrogen) atoms. The molecule has 0 fully saturated rings. The molecule has 0 bridgehead atoms. The van der Waals surface area contributed by atoms with E-state index in [-0.39, 0.29) is 38.6 Å². The van der Waals surface area contributed by atoms with Crippen LogP contribution >= 0.6 is 0 Å². The number of hydrogen-bond acceptors (Lipinski definition) is 7. The number of carboxylic acids is 1. The lowest BCUT2D eigenvalue weighted by Gasteiger charge is -2.25. The molecule has 482 valence electrons. The van der Waals surface area contributed by atoms with Crippen LogP contribution in [0.15, 0.2) is 146 Å². The highest BCUT2D eigenvalue weighted by molar-refractivity contribution is 5.71. The van der Waals surface area contributed by atoms with Crippen LogP contribution in [0.25, 0.3) is 0 Å². The SMILES string of the molecule is CC/C=C\C/C=C\C/C=C\C/C=C\C/C=C\C/C=C\C/C=C\C/C=C\C/C=C\C/C=C\CCCCC(=O)OC(COC(=O)CCCCCCCCCCCCCCCCC/C=C\C/C=C\CCCCCCC)COC(OCC[N+](C)(C)C)C(=O)O. The Morgan fingerprint density at radius 3 is 1.02 bits per heavy atom. The van der Waals surface area contributed by atoms with Crippen molar-refractivity contribution in [3.05, 3.63) is 146 Å². The molecular formula is C76H126NO8+. The quantitative estimate of drug-likeness (QED) is 0.0211. The zero-order chi connectivity index (χ0) is 61.9. The van der Waals surface area contributed by atoms with Gasteiger partial charge < -0.3 is 28.5 Å². The van der Waals surface area contributed by atoms with Crippen molar-refractivity contribution < 1.29 is 42.9 Å². The van der Waals surface area contributed by atoms with Crippen LogP contribution in [0.5, 0.6) is 0 Å². The van der Waals surface area contributed by atoms with Crippen molar-refractivity contribution in [3.63, 3.8) is 0 Å². The minimum atomic E-state index is -1.53. The molecule has 0 aromatic heterocycles. The number of aliphatic carboxylic acids is 1. The topological polar surface area (TPSA) is 108 Å². The fourth-order valence-electron chi connectivity index (χ4n) is 8.90. The standard InChI is InChI=1S/C76H125NO8/c1-6-8-10-12-14-16-18-20-22-24-26-28-30-32-34-35-36-37-38-39-41-43-45-47-49-51-53-55-57-59-61-63-65-67-74(79)85-72(71-84-76(75(80)81)82-69-68-77(3,4)5)70-83-73(78)66-64-62-60-58-56-54-52-50-48-46-44-42-40-33-31-29-27-25-23-21-19-17-15-13-11-9-7-2/h8,10,14,16,19-22,25-28,32,34,36-37,39,41,45,47,51,53,57,59,72,76H,6-7,9,11-13,15,17-18,23-24,29-31,33,35,38,40,42-44,46,48-50,52,54-56,58,60-71H2,1-5H3/p+1/b10-8-,16-14-,21-19-,22-20-,27-25-,28-26-,34-32-,37-36-,41-39-,47-45-,53-51-,59-57-. The lowest BCUT2D eigenvalue weighted by molar-refractivity contribution is -0.870. The first-order chi connectivity index (χ1) is 41.6. The predicted octanol–water partition coefficient (Wildman–Crippen LogP) is 21.1. The van der Waals surface area contributed by atoms with Gasteiger partial charge in [0.25, 0.3) is 6.29 Å². The smallest absolute Gasteiger partial charge is 0.361 e. The van der Waals surface area contributed by atoms with Gasteiger partial charge in [-0.1, -0.05) is 269 Å². The van der Waals surface area contributed by atoms with Gasteiger partial charge in [0.15, 0.2) is 6.10 Å². The van der Waals surface area contributed by atoms with Crippen molar-refractivity contribution in [2.24, 2.45) is 0 Å². The summed E-state index contributed by atoms with van der Waals surface area (Å²) in [6.07, 6.45) is 92.4. The second-order valence-electron chi connectivity index (χ2n) is 23.4. The van der Waals surface area contributed by atoms with E-state index < -0.39 is 24.3 Å². The number of carbonyl (C=O) groups is 3. The Morgan fingerprint density at radius 2 is 0.671 bits per heavy atom. The number of carboxylic acid groups (broad SMARTS) is 1. The number of carbonyl (C=O) groups excluding carboxylic acids is 2. The Bertz CT molecular complexity index is 1900. The first-order valence-corrected chi connectivity index (χ1v) is 34.0. The maximum absolute atomic E-state index is 12.9. The first kappa shape index (κ1) is 80.2. The number of unbranched alkanes of at least 4 members (excludes halogenated alkanes) is 22. The monoisotopic (exact) mass is 1180 g/mol. The molecule has 2 atom stereocenters. The van der Waals surface area contributed by atoms with E-state index in [2.05, 4.69) is 160 Å². The Labute approximate surface area is 522 Å². The molecule has 0 aliphatic carbocycles. The van der Waals surface area contributed by atoms with Crippen LogP contribution in [0.1, 0.15) is 258 Å². The van der Waals surface area contributed by atoms with Gasteiger partial charge in [-0.3, -0.25) is 9.59 Å². The Hall–Kier alpha value is -4.83. The minimum Gasteiger partial charge on any atom is -0.477 e. The van der Waals surface area contributed by atoms with E-state index in [4.69, 9.17) is 18.9 Å². The molecular weight excluding hydrogens is 1050 g/mol. The fraction of sp³-hybridized carbons (Fsp3) is 0.645. The molecule has 0 saturated heterocycles. The zero-order valence-electron chi connectivity index (χ0n) is 55.0. The molecule has 0 aromatic carbocycles. The first-order valence-electron chi connectivity index (χ1n) is 34.0. The second-order valence-corrected chi connectivity index (χ2v) is 23.4. The molecule has 0 rings (SSSR count). The Balaban J connectivity index is 4.28. The van der Waals surface area contributed by atoms with E-state index in [0.717, 1.165) is 103 Å². The maximum Gasteiger partial charge on any atom is 0.361 e. The summed E-state index contributed by atoms with van der Waals surface area (Å²) in [6, 6.07) is 0. The van der Waals surface area contributed by atoms with Gasteiger partial charge >= 0.3 is 17.9 Å². The van der Waals surface area contributed by atoms with Gasteiger partial charge in [-0.15, -0.1) is 0 Å². The number of quaternary nitrogens is 1. The molecule has 9 heteroatoms. The third kappa shape index (κ3) is 66.5. The van der Waals surface area contributed by atoms with Crippen LogP contribution in [0, 0.1) is 0 Å². The fourth-order valence-corrected chi connectivity index (χ4v) is 8.90. The summed E-state index contributed by atoms with van der Waals surface area (Å²) < 4.78 is 22.9. The number of allylic oxidation sites excluding steroid dienone is 24. The number of nitrogens with zero attached hydrogens (tertiary/aromatic N) is 1.